The van der Waals surface area contributed by atoms with Gasteiger partial charge in [-0.05, 0) is 88.8 Å². The first kappa shape index (κ1) is 27.6. The molecule has 226 valence electrons. The van der Waals surface area contributed by atoms with E-state index in [4.69, 9.17) is 4.98 Å². The number of allylic oxidation sites excluding steroid dienone is 3. The minimum atomic E-state index is 0.962. The fraction of sp³-hybridized carbons (Fsp3) is 0. The molecule has 1 heterocycles. The Hall–Kier alpha value is -6.53. The number of aromatic nitrogens is 1. The van der Waals surface area contributed by atoms with Gasteiger partial charge < -0.3 is 0 Å². The highest BCUT2D eigenvalue weighted by molar-refractivity contribution is 6.24. The van der Waals surface area contributed by atoms with Gasteiger partial charge >= 0.3 is 0 Å². The lowest BCUT2D eigenvalue weighted by Crippen LogP contribution is -2.24. The first-order valence-electron chi connectivity index (χ1n) is 16.8. The molecule has 49 heavy (non-hydrogen) atoms. The third-order valence-corrected chi connectivity index (χ3v) is 10.0. The van der Waals surface area contributed by atoms with Crippen molar-refractivity contribution in [3.05, 3.63) is 180 Å². The summed E-state index contributed by atoms with van der Waals surface area (Å²) in [7, 11) is 0. The minimum absolute atomic E-state index is 0.962. The molecule has 0 atom stereocenters. The van der Waals surface area contributed by atoms with E-state index in [0.29, 0.717) is 0 Å². The fourth-order valence-electron chi connectivity index (χ4n) is 7.82. The van der Waals surface area contributed by atoms with E-state index in [1.807, 2.05) is 12.2 Å². The number of benzene rings is 8. The summed E-state index contributed by atoms with van der Waals surface area (Å²) in [4.78, 5) is 5.29. The van der Waals surface area contributed by atoms with E-state index in [-0.39, 0.29) is 0 Å². The van der Waals surface area contributed by atoms with Crippen LogP contribution >= 0.6 is 0 Å². The van der Waals surface area contributed by atoms with E-state index in [0.717, 1.165) is 32.6 Å². The lowest BCUT2D eigenvalue weighted by Gasteiger charge is -2.19. The van der Waals surface area contributed by atoms with Gasteiger partial charge in [-0.2, -0.15) is 0 Å². The lowest BCUT2D eigenvalue weighted by molar-refractivity contribution is 1.38. The molecule has 0 spiro atoms. The summed E-state index contributed by atoms with van der Waals surface area (Å²) in [6.45, 7) is 0. The van der Waals surface area contributed by atoms with Crippen molar-refractivity contribution in [2.24, 2.45) is 0 Å². The molecule has 0 amide bonds. The van der Waals surface area contributed by atoms with Crippen molar-refractivity contribution < 1.29 is 0 Å². The summed E-state index contributed by atoms with van der Waals surface area (Å²) in [5.41, 5.74) is 11.5. The van der Waals surface area contributed by atoms with Gasteiger partial charge in [0.25, 0.3) is 0 Å². The number of nitrogens with zero attached hydrogens (tertiary/aromatic N) is 1. The molecule has 8 aromatic carbocycles. The Bertz CT molecular complexity index is 2970. The predicted octanol–water partition coefficient (Wildman–Crippen LogP) is 11.1. The summed E-state index contributed by atoms with van der Waals surface area (Å²) in [6.07, 6.45) is 8.18. The van der Waals surface area contributed by atoms with Gasteiger partial charge in [0.2, 0.25) is 0 Å². The number of fused-ring (bicyclic) bond motifs is 7. The Balaban J connectivity index is 1.24. The summed E-state index contributed by atoms with van der Waals surface area (Å²) < 4.78 is 0. The van der Waals surface area contributed by atoms with Crippen molar-refractivity contribution in [2.75, 3.05) is 0 Å². The Labute approximate surface area is 283 Å². The topological polar surface area (TPSA) is 12.9 Å². The van der Waals surface area contributed by atoms with Gasteiger partial charge in [0.05, 0.1) is 11.2 Å². The van der Waals surface area contributed by atoms with Gasteiger partial charge in [0.1, 0.15) is 0 Å². The van der Waals surface area contributed by atoms with Crippen LogP contribution < -0.4 is 10.4 Å². The summed E-state index contributed by atoms with van der Waals surface area (Å²) in [5, 5.41) is 13.2. The Morgan fingerprint density at radius 1 is 0.429 bits per heavy atom. The molecule has 1 aliphatic carbocycles. The van der Waals surface area contributed by atoms with Crippen molar-refractivity contribution in [3.8, 4) is 33.5 Å². The number of hydrogen-bond acceptors (Lipinski definition) is 1. The molecule has 0 radical (unpaired) electrons. The zero-order valence-corrected chi connectivity index (χ0v) is 26.7. The average molecular weight is 620 g/mol. The SMILES string of the molecule is C1=CC=CC=c2ccc3ccc(-c4cccc5c(-c6c7ccccc7c(-c7ccc8ccccc8c7)c7ccccc67)cccc45)nc3c2=1. The molecule has 0 unspecified atom stereocenters. The number of hydrogen-bond donors (Lipinski definition) is 0. The van der Waals surface area contributed by atoms with Crippen molar-refractivity contribution in [2.45, 2.75) is 0 Å². The van der Waals surface area contributed by atoms with Crippen molar-refractivity contribution in [1.82, 2.24) is 4.98 Å². The Kier molecular flexibility index (Phi) is 6.21. The van der Waals surface area contributed by atoms with Gasteiger partial charge in [-0.15, -0.1) is 5.73 Å². The van der Waals surface area contributed by atoms with Gasteiger partial charge in [-0.25, -0.2) is 4.98 Å². The standard InChI is InChI=1S/C48H29N/c1-2-13-32-25-26-33-28-29-45(49-48(33)36(32)15-3-1)39-22-10-21-38-37(39)20-11-23-40(38)47-43-18-8-6-16-41(43)46(42-17-7-9-19-44(42)47)35-27-24-31-12-4-5-14-34(31)30-35/h1-14,16-30H. The van der Waals surface area contributed by atoms with E-state index in [2.05, 4.69) is 170 Å². The van der Waals surface area contributed by atoms with E-state index >= 15 is 0 Å². The fourth-order valence-corrected chi connectivity index (χ4v) is 7.82. The van der Waals surface area contributed by atoms with Crippen LogP contribution in [-0.4, -0.2) is 4.98 Å². The van der Waals surface area contributed by atoms with E-state index in [9.17, 15) is 0 Å². The lowest BCUT2D eigenvalue weighted by atomic mass is 9.84. The second-order valence-corrected chi connectivity index (χ2v) is 12.8. The first-order chi connectivity index (χ1) is 24.3. The highest BCUT2D eigenvalue weighted by atomic mass is 14.7. The third-order valence-electron chi connectivity index (χ3n) is 10.0. The predicted molar refractivity (Wildman–Crippen MR) is 209 cm³/mol. The van der Waals surface area contributed by atoms with Gasteiger partial charge in [-0.1, -0.05) is 158 Å². The Morgan fingerprint density at radius 3 is 1.82 bits per heavy atom. The van der Waals surface area contributed by atoms with Crippen molar-refractivity contribution in [3.63, 3.8) is 0 Å². The van der Waals surface area contributed by atoms with Crippen LogP contribution in [0.2, 0.25) is 0 Å². The molecule has 0 aliphatic heterocycles. The molecule has 10 rings (SSSR count). The van der Waals surface area contributed by atoms with Crippen LogP contribution in [0.4, 0.5) is 0 Å². The maximum atomic E-state index is 5.29. The quantitative estimate of drug-likeness (QED) is 0.179. The van der Waals surface area contributed by atoms with Gasteiger partial charge in [-0.3, -0.25) is 0 Å². The molecule has 0 N–H and O–H groups in total. The zero-order valence-electron chi connectivity index (χ0n) is 26.7. The molecule has 1 aliphatic rings. The largest absolute Gasteiger partial charge is 0.246 e. The number of pyridine rings is 1. The smallest absolute Gasteiger partial charge is 0.0865 e. The second kappa shape index (κ2) is 11.0. The van der Waals surface area contributed by atoms with Crippen LogP contribution in [0.3, 0.4) is 0 Å². The van der Waals surface area contributed by atoms with E-state index in [1.165, 1.54) is 65.3 Å². The molecule has 0 fully saturated rings. The van der Waals surface area contributed by atoms with Gasteiger partial charge in [0, 0.05) is 16.2 Å². The van der Waals surface area contributed by atoms with Crippen LogP contribution in [0.25, 0.3) is 99.3 Å². The summed E-state index contributed by atoms with van der Waals surface area (Å²) >= 11 is 0. The van der Waals surface area contributed by atoms with Crippen LogP contribution in [0.1, 0.15) is 0 Å². The first-order valence-corrected chi connectivity index (χ1v) is 16.8. The highest BCUT2D eigenvalue weighted by Crippen LogP contribution is 2.46. The summed E-state index contributed by atoms with van der Waals surface area (Å²) in [6, 6.07) is 55.3. The van der Waals surface area contributed by atoms with Crippen molar-refractivity contribution in [1.29, 1.82) is 0 Å². The highest BCUT2D eigenvalue weighted by Gasteiger charge is 2.19. The zero-order chi connectivity index (χ0) is 32.3. The normalized spacial score (nSPS) is 12.3. The van der Waals surface area contributed by atoms with Crippen molar-refractivity contribution >= 4 is 65.8 Å². The molecule has 9 aromatic rings. The van der Waals surface area contributed by atoms with E-state index in [1.54, 1.807) is 0 Å². The minimum Gasteiger partial charge on any atom is -0.246 e. The summed E-state index contributed by atoms with van der Waals surface area (Å²) in [5.74, 6) is 0. The molecule has 0 bridgehead atoms. The molecule has 1 heteroatoms. The monoisotopic (exact) mass is 619 g/mol. The molecular formula is C48H29N. The molecular weight excluding hydrogens is 591 g/mol. The average Bonchev–Trinajstić information content (AvgIpc) is 3.42. The third kappa shape index (κ3) is 4.38. The van der Waals surface area contributed by atoms with Crippen LogP contribution in [-0.2, 0) is 0 Å². The van der Waals surface area contributed by atoms with Crippen LogP contribution in [0.15, 0.2) is 170 Å². The number of rotatable bonds is 3. The molecule has 0 saturated heterocycles. The molecule has 1 aromatic heterocycles. The molecule has 1 nitrogen and oxygen atoms in total. The van der Waals surface area contributed by atoms with Gasteiger partial charge in [0.15, 0.2) is 0 Å². The maximum Gasteiger partial charge on any atom is 0.0865 e. The maximum absolute atomic E-state index is 5.29. The van der Waals surface area contributed by atoms with E-state index < -0.39 is 0 Å². The Morgan fingerprint density at radius 2 is 1.04 bits per heavy atom. The van der Waals surface area contributed by atoms with Crippen LogP contribution in [0, 0.1) is 0 Å². The van der Waals surface area contributed by atoms with Crippen LogP contribution in [0.5, 0.6) is 0 Å². The second-order valence-electron chi connectivity index (χ2n) is 12.8. The molecule has 0 saturated carbocycles.